The van der Waals surface area contributed by atoms with Gasteiger partial charge in [0.1, 0.15) is 0 Å². The number of hydrogen-bond donors (Lipinski definition) is 0. The Bertz CT molecular complexity index is 951. The summed E-state index contributed by atoms with van der Waals surface area (Å²) in [6.07, 6.45) is 5.60. The van der Waals surface area contributed by atoms with Gasteiger partial charge in [0.25, 0.3) is 0 Å². The van der Waals surface area contributed by atoms with E-state index in [1.807, 2.05) is 0 Å². The van der Waals surface area contributed by atoms with Gasteiger partial charge < -0.3 is 0 Å². The van der Waals surface area contributed by atoms with Gasteiger partial charge in [-0.05, 0) is 0 Å². The number of halogens is 2. The second kappa shape index (κ2) is 6.76. The number of allylic oxidation sites excluding steroid dienone is 2. The van der Waals surface area contributed by atoms with Gasteiger partial charge in [0.05, 0.1) is 0 Å². The minimum absolute atomic E-state index is 0.225. The van der Waals surface area contributed by atoms with Crippen molar-refractivity contribution < 1.29 is 17.6 Å². The maximum absolute atomic E-state index is 7.39. The summed E-state index contributed by atoms with van der Waals surface area (Å²) in [6.45, 7) is 8.90. The van der Waals surface area contributed by atoms with Crippen molar-refractivity contribution in [2.75, 3.05) is 0 Å². The zero-order chi connectivity index (χ0) is 18.6. The zero-order valence-corrected chi connectivity index (χ0v) is 20.8. The first-order valence-corrected chi connectivity index (χ1v) is 22.1. The van der Waals surface area contributed by atoms with Crippen LogP contribution in [-0.4, -0.2) is 0 Å². The van der Waals surface area contributed by atoms with Crippen LogP contribution in [0.3, 0.4) is 0 Å². The molecule has 2 aliphatic carbocycles. The third kappa shape index (κ3) is 2.91. The van der Waals surface area contributed by atoms with Gasteiger partial charge in [-0.15, -0.1) is 0 Å². The molecule has 2 aliphatic rings. The Balaban J connectivity index is 1.80. The molecule has 134 valence electrons. The van der Waals surface area contributed by atoms with E-state index in [1.165, 1.54) is 42.3 Å². The maximum atomic E-state index is 7.39. The van der Waals surface area contributed by atoms with E-state index in [4.69, 9.17) is 17.2 Å². The summed E-state index contributed by atoms with van der Waals surface area (Å²) in [6, 6.07) is 13.1. The summed E-state index contributed by atoms with van der Waals surface area (Å²) in [5.41, 5.74) is 9.51. The van der Waals surface area contributed by atoms with Crippen molar-refractivity contribution in [3.05, 3.63) is 78.7 Å². The van der Waals surface area contributed by atoms with Crippen molar-refractivity contribution in [2.24, 2.45) is 5.92 Å². The molecule has 2 aromatic carbocycles. The zero-order valence-electron chi connectivity index (χ0n) is 15.7. The van der Waals surface area contributed by atoms with Gasteiger partial charge >= 0.3 is 169 Å². The monoisotopic (exact) mass is 550 g/mol. The van der Waals surface area contributed by atoms with Gasteiger partial charge in [0.15, 0.2) is 0 Å². The van der Waals surface area contributed by atoms with Crippen LogP contribution in [0.1, 0.15) is 50.9 Å². The minimum atomic E-state index is -3.79. The van der Waals surface area contributed by atoms with E-state index >= 15 is 0 Å². The molecular weight excluding hydrogens is 526 g/mol. The molecule has 0 saturated heterocycles. The Labute approximate surface area is 168 Å². The molecule has 0 N–H and O–H groups in total. The van der Waals surface area contributed by atoms with Crippen LogP contribution in [0.2, 0.25) is 0 Å². The number of aryl methyl sites for hydroxylation is 2. The molecule has 0 saturated carbocycles. The Kier molecular flexibility index (Phi) is 4.87. The predicted molar refractivity (Wildman–Crippen MR) is 111 cm³/mol. The summed E-state index contributed by atoms with van der Waals surface area (Å²) in [4.78, 5) is 0. The molecule has 2 aromatic rings. The molecule has 1 atom stereocenters. The average molecular weight is 550 g/mol. The SMILES string of the molecule is Cc1ccc(C)c2c1C=[C]([Hf]([Cl])([Cl])[CH]1C(C(C)C)=Cc3ccccc31)C2. The second-order valence-corrected chi connectivity index (χ2v) is 28.1. The second-order valence-electron chi connectivity index (χ2n) is 7.92. The van der Waals surface area contributed by atoms with Crippen LogP contribution in [0.25, 0.3) is 12.2 Å². The van der Waals surface area contributed by atoms with Crippen LogP contribution in [0.15, 0.2) is 45.3 Å². The van der Waals surface area contributed by atoms with Gasteiger partial charge in [-0.25, -0.2) is 0 Å². The van der Waals surface area contributed by atoms with Crippen molar-refractivity contribution in [3.63, 3.8) is 0 Å². The first-order valence-electron chi connectivity index (χ1n) is 9.29. The van der Waals surface area contributed by atoms with E-state index in [-0.39, 0.29) is 3.67 Å². The molecule has 0 amide bonds. The summed E-state index contributed by atoms with van der Waals surface area (Å²) < 4.78 is 1.56. The van der Waals surface area contributed by atoms with Crippen LogP contribution >= 0.6 is 17.2 Å². The molecule has 0 spiro atoms. The number of benzene rings is 2. The van der Waals surface area contributed by atoms with E-state index in [9.17, 15) is 0 Å². The van der Waals surface area contributed by atoms with Crippen molar-refractivity contribution >= 4 is 29.3 Å². The molecule has 0 heterocycles. The fourth-order valence-corrected chi connectivity index (χ4v) is 19.7. The Morgan fingerprint density at radius 1 is 0.962 bits per heavy atom. The Morgan fingerprint density at radius 2 is 1.65 bits per heavy atom. The van der Waals surface area contributed by atoms with Gasteiger partial charge in [-0.2, -0.15) is 0 Å². The first-order chi connectivity index (χ1) is 12.3. The molecule has 0 nitrogen and oxygen atoms in total. The molecule has 3 heteroatoms. The van der Waals surface area contributed by atoms with E-state index in [0.717, 1.165) is 6.42 Å². The molecule has 0 aromatic heterocycles. The van der Waals surface area contributed by atoms with E-state index in [2.05, 4.69) is 76.2 Å². The quantitative estimate of drug-likeness (QED) is 0.349. The van der Waals surface area contributed by atoms with E-state index in [1.54, 1.807) is 0 Å². The van der Waals surface area contributed by atoms with Crippen LogP contribution in [-0.2, 0) is 24.0 Å². The van der Waals surface area contributed by atoms with Gasteiger partial charge in [0, 0.05) is 0 Å². The molecule has 1 unspecified atom stereocenters. The van der Waals surface area contributed by atoms with Crippen molar-refractivity contribution in [3.8, 4) is 0 Å². The van der Waals surface area contributed by atoms with Crippen LogP contribution in [0.5, 0.6) is 0 Å². The van der Waals surface area contributed by atoms with E-state index < -0.39 is 17.6 Å². The molecule has 26 heavy (non-hydrogen) atoms. The van der Waals surface area contributed by atoms with E-state index in [0.29, 0.717) is 5.92 Å². The average Bonchev–Trinajstić information content (AvgIpc) is 3.21. The van der Waals surface area contributed by atoms with Gasteiger partial charge in [-0.3, -0.25) is 0 Å². The van der Waals surface area contributed by atoms with Crippen molar-refractivity contribution in [1.29, 1.82) is 0 Å². The standard InChI is InChI=1S/C12H13.C11H11.2ClH.Hf/c1-9(2)12-7-10-5-3-4-6-11(10)8-12;1-8-6-7-9(2)11-5-3-4-10(8)11;;;/h3-9H,1-2H3;4,6-7H,5H2,1-2H3;2*1H;/q;;;;+2/p-2. The number of hydrogen-bond acceptors (Lipinski definition) is 0. The Hall–Kier alpha value is -0.630. The van der Waals surface area contributed by atoms with Crippen LogP contribution < -0.4 is 0 Å². The first kappa shape index (κ1) is 18.7. The number of rotatable bonds is 3. The van der Waals surface area contributed by atoms with Gasteiger partial charge in [-0.1, -0.05) is 0 Å². The topological polar surface area (TPSA) is 0 Å². The fourth-order valence-electron chi connectivity index (χ4n) is 4.39. The molecule has 0 bridgehead atoms. The molecule has 0 fully saturated rings. The molecule has 0 aliphatic heterocycles. The summed E-state index contributed by atoms with van der Waals surface area (Å²) in [5, 5.41) is 0. The third-order valence-corrected chi connectivity index (χ3v) is 22.6. The number of fused-ring (bicyclic) bond motifs is 2. The van der Waals surface area contributed by atoms with Crippen LogP contribution in [0.4, 0.5) is 0 Å². The molecule has 0 radical (unpaired) electrons. The summed E-state index contributed by atoms with van der Waals surface area (Å²) in [5.74, 6) is 0.456. The van der Waals surface area contributed by atoms with Crippen LogP contribution in [0, 0.1) is 19.8 Å². The normalized spacial score (nSPS) is 18.7. The van der Waals surface area contributed by atoms with Gasteiger partial charge in [0.2, 0.25) is 0 Å². The Morgan fingerprint density at radius 3 is 2.35 bits per heavy atom. The third-order valence-electron chi connectivity index (χ3n) is 5.91. The van der Waals surface area contributed by atoms with Crippen molar-refractivity contribution in [1.82, 2.24) is 0 Å². The predicted octanol–water partition coefficient (Wildman–Crippen LogP) is 7.46. The molecule has 4 rings (SSSR count). The summed E-state index contributed by atoms with van der Waals surface area (Å²) >= 11 is -3.79. The molecular formula is C23H24Cl2Hf. The summed E-state index contributed by atoms with van der Waals surface area (Å²) in [7, 11) is 14.8. The van der Waals surface area contributed by atoms with Crippen molar-refractivity contribution in [2.45, 2.75) is 37.8 Å². The fraction of sp³-hybridized carbons (Fsp3) is 0.304.